The molecule has 4 heteroatoms. The van der Waals surface area contributed by atoms with Gasteiger partial charge in [-0.15, -0.1) is 0 Å². The molecule has 20 heavy (non-hydrogen) atoms. The van der Waals surface area contributed by atoms with E-state index in [0.717, 1.165) is 16.9 Å². The van der Waals surface area contributed by atoms with Crippen molar-refractivity contribution in [3.05, 3.63) is 59.9 Å². The van der Waals surface area contributed by atoms with Crippen LogP contribution in [0.25, 0.3) is 0 Å². The predicted molar refractivity (Wildman–Crippen MR) is 77.5 cm³/mol. The van der Waals surface area contributed by atoms with E-state index in [9.17, 15) is 4.79 Å². The number of methoxy groups -OCH3 is 1. The molecule has 1 amide bonds. The lowest BCUT2D eigenvalue weighted by atomic mass is 10.1. The van der Waals surface area contributed by atoms with Crippen LogP contribution < -0.4 is 10.1 Å². The van der Waals surface area contributed by atoms with Gasteiger partial charge in [0.2, 0.25) is 5.91 Å². The lowest BCUT2D eigenvalue weighted by Crippen LogP contribution is -2.28. The Kier molecular flexibility index (Phi) is 4.71. The number of rotatable bonds is 5. The smallest absolute Gasteiger partial charge is 0.224 e. The molecule has 1 N–H and O–H groups in total. The number of amides is 1. The molecule has 2 aromatic rings. The van der Waals surface area contributed by atoms with Crippen LogP contribution in [0.2, 0.25) is 0 Å². The third-order valence-electron chi connectivity index (χ3n) is 3.09. The number of nitrogens with zero attached hydrogens (tertiary/aromatic N) is 1. The minimum absolute atomic E-state index is 0.00785. The molecule has 0 saturated carbocycles. The molecule has 0 aliphatic rings. The molecular weight excluding hydrogens is 252 g/mol. The molecule has 0 aliphatic carbocycles. The van der Waals surface area contributed by atoms with E-state index in [1.807, 2.05) is 43.3 Å². The monoisotopic (exact) mass is 270 g/mol. The molecule has 0 spiro atoms. The lowest BCUT2D eigenvalue weighted by molar-refractivity contribution is -0.121. The van der Waals surface area contributed by atoms with Crippen LogP contribution in [0.3, 0.4) is 0 Å². The zero-order valence-corrected chi connectivity index (χ0v) is 11.7. The number of hydrogen-bond donors (Lipinski definition) is 1. The van der Waals surface area contributed by atoms with E-state index in [1.54, 1.807) is 19.5 Å². The van der Waals surface area contributed by atoms with Crippen molar-refractivity contribution in [1.29, 1.82) is 0 Å². The number of nitrogens with one attached hydrogen (secondary N) is 1. The zero-order valence-electron chi connectivity index (χ0n) is 11.7. The quantitative estimate of drug-likeness (QED) is 0.908. The molecule has 1 aromatic carbocycles. The molecule has 1 heterocycles. The van der Waals surface area contributed by atoms with Gasteiger partial charge in [-0.2, -0.15) is 0 Å². The Bertz CT molecular complexity index is 552. The summed E-state index contributed by atoms with van der Waals surface area (Å²) in [4.78, 5) is 16.0. The minimum atomic E-state index is -0.0468. The van der Waals surface area contributed by atoms with E-state index >= 15 is 0 Å². The molecule has 0 saturated heterocycles. The highest BCUT2D eigenvalue weighted by atomic mass is 16.5. The maximum absolute atomic E-state index is 12.0. The summed E-state index contributed by atoms with van der Waals surface area (Å²) in [5.41, 5.74) is 1.96. The summed E-state index contributed by atoms with van der Waals surface area (Å²) in [5, 5.41) is 2.96. The van der Waals surface area contributed by atoms with E-state index in [-0.39, 0.29) is 11.9 Å². The molecule has 0 radical (unpaired) electrons. The Morgan fingerprint density at radius 1 is 1.30 bits per heavy atom. The van der Waals surface area contributed by atoms with Crippen LogP contribution in [0.5, 0.6) is 5.75 Å². The maximum Gasteiger partial charge on any atom is 0.224 e. The fraction of sp³-hybridized carbons (Fsp3) is 0.250. The molecule has 4 nitrogen and oxygen atoms in total. The van der Waals surface area contributed by atoms with Crippen molar-refractivity contribution in [3.8, 4) is 5.75 Å². The number of ether oxygens (including phenoxy) is 1. The van der Waals surface area contributed by atoms with Gasteiger partial charge in [0.05, 0.1) is 19.6 Å². The third kappa shape index (κ3) is 3.82. The number of carbonyl (C=O) groups is 1. The Morgan fingerprint density at radius 2 is 2.05 bits per heavy atom. The van der Waals surface area contributed by atoms with Crippen molar-refractivity contribution in [2.45, 2.75) is 19.4 Å². The second-order valence-electron chi connectivity index (χ2n) is 4.60. The summed E-state index contributed by atoms with van der Waals surface area (Å²) in [6.45, 7) is 1.95. The van der Waals surface area contributed by atoms with E-state index in [4.69, 9.17) is 4.74 Å². The number of benzene rings is 1. The van der Waals surface area contributed by atoms with Crippen molar-refractivity contribution >= 4 is 5.91 Å². The first-order valence-electron chi connectivity index (χ1n) is 6.51. The first kappa shape index (κ1) is 14.1. The van der Waals surface area contributed by atoms with Gasteiger partial charge in [-0.05, 0) is 36.2 Å². The molecule has 2 rings (SSSR count). The molecule has 0 aliphatic heterocycles. The summed E-state index contributed by atoms with van der Waals surface area (Å²) in [5.74, 6) is 0.782. The highest BCUT2D eigenvalue weighted by molar-refractivity contribution is 5.79. The van der Waals surface area contributed by atoms with Crippen LogP contribution in [0, 0.1) is 0 Å². The number of aromatic nitrogens is 1. The van der Waals surface area contributed by atoms with Gasteiger partial charge in [0.25, 0.3) is 0 Å². The first-order valence-corrected chi connectivity index (χ1v) is 6.51. The van der Waals surface area contributed by atoms with E-state index in [2.05, 4.69) is 10.3 Å². The van der Waals surface area contributed by atoms with Crippen molar-refractivity contribution in [2.24, 2.45) is 0 Å². The van der Waals surface area contributed by atoms with Gasteiger partial charge >= 0.3 is 0 Å². The number of hydrogen-bond acceptors (Lipinski definition) is 3. The largest absolute Gasteiger partial charge is 0.497 e. The highest BCUT2D eigenvalue weighted by Crippen LogP contribution is 2.13. The Morgan fingerprint density at radius 3 is 2.65 bits per heavy atom. The van der Waals surface area contributed by atoms with Crippen molar-refractivity contribution in [2.75, 3.05) is 7.11 Å². The van der Waals surface area contributed by atoms with Crippen molar-refractivity contribution in [3.63, 3.8) is 0 Å². The SMILES string of the molecule is COc1ccc(CC(=O)NC(C)c2cccnc2)cc1. The fourth-order valence-corrected chi connectivity index (χ4v) is 1.94. The average molecular weight is 270 g/mol. The number of carbonyl (C=O) groups excluding carboxylic acids is 1. The predicted octanol–water partition coefficient (Wildman–Crippen LogP) is 2.51. The van der Waals surface area contributed by atoms with Crippen LogP contribution in [-0.4, -0.2) is 18.0 Å². The summed E-state index contributed by atoms with van der Waals surface area (Å²) in [6, 6.07) is 11.3. The van der Waals surface area contributed by atoms with Gasteiger partial charge in [-0.3, -0.25) is 9.78 Å². The van der Waals surface area contributed by atoms with Crippen LogP contribution in [0.4, 0.5) is 0 Å². The molecular formula is C16H18N2O2. The summed E-state index contributed by atoms with van der Waals surface area (Å²) < 4.78 is 5.09. The highest BCUT2D eigenvalue weighted by Gasteiger charge is 2.10. The fourth-order valence-electron chi connectivity index (χ4n) is 1.94. The maximum atomic E-state index is 12.0. The summed E-state index contributed by atoms with van der Waals surface area (Å²) in [6.07, 6.45) is 3.84. The third-order valence-corrected chi connectivity index (χ3v) is 3.09. The molecule has 1 unspecified atom stereocenters. The normalized spacial score (nSPS) is 11.7. The summed E-state index contributed by atoms with van der Waals surface area (Å²) >= 11 is 0. The zero-order chi connectivity index (χ0) is 14.4. The Balaban J connectivity index is 1.91. The van der Waals surface area contributed by atoms with E-state index < -0.39 is 0 Å². The lowest BCUT2D eigenvalue weighted by Gasteiger charge is -2.14. The van der Waals surface area contributed by atoms with Gasteiger partial charge in [0.15, 0.2) is 0 Å². The van der Waals surface area contributed by atoms with Crippen LogP contribution >= 0.6 is 0 Å². The van der Waals surface area contributed by atoms with E-state index in [0.29, 0.717) is 6.42 Å². The topological polar surface area (TPSA) is 51.2 Å². The summed E-state index contributed by atoms with van der Waals surface area (Å²) in [7, 11) is 1.62. The van der Waals surface area contributed by atoms with Crippen LogP contribution in [-0.2, 0) is 11.2 Å². The van der Waals surface area contributed by atoms with Gasteiger partial charge in [-0.1, -0.05) is 18.2 Å². The van der Waals surface area contributed by atoms with Crippen molar-refractivity contribution in [1.82, 2.24) is 10.3 Å². The van der Waals surface area contributed by atoms with Gasteiger partial charge in [0, 0.05) is 12.4 Å². The second kappa shape index (κ2) is 6.70. The van der Waals surface area contributed by atoms with Crippen LogP contribution in [0.1, 0.15) is 24.1 Å². The second-order valence-corrected chi connectivity index (χ2v) is 4.60. The van der Waals surface area contributed by atoms with Gasteiger partial charge in [0.1, 0.15) is 5.75 Å². The molecule has 0 fully saturated rings. The first-order chi connectivity index (χ1) is 9.69. The molecule has 104 valence electrons. The minimum Gasteiger partial charge on any atom is -0.497 e. The number of pyridine rings is 1. The van der Waals surface area contributed by atoms with Crippen LogP contribution in [0.15, 0.2) is 48.8 Å². The van der Waals surface area contributed by atoms with Gasteiger partial charge in [-0.25, -0.2) is 0 Å². The van der Waals surface area contributed by atoms with Crippen molar-refractivity contribution < 1.29 is 9.53 Å². The molecule has 0 bridgehead atoms. The van der Waals surface area contributed by atoms with Gasteiger partial charge < -0.3 is 10.1 Å². The molecule has 1 aromatic heterocycles. The Labute approximate surface area is 118 Å². The molecule has 1 atom stereocenters. The average Bonchev–Trinajstić information content (AvgIpc) is 2.49. The van der Waals surface area contributed by atoms with E-state index in [1.165, 1.54) is 0 Å². The standard InChI is InChI=1S/C16H18N2O2/c1-12(14-4-3-9-17-11-14)18-16(19)10-13-5-7-15(20-2)8-6-13/h3-9,11-12H,10H2,1-2H3,(H,18,19). The Hall–Kier alpha value is -2.36.